The molecule has 0 spiro atoms. The molecule has 5 nitrogen and oxygen atoms in total. The molecule has 31 heavy (non-hydrogen) atoms. The van der Waals surface area contributed by atoms with Crippen molar-refractivity contribution in [3.05, 3.63) is 78.1 Å². The lowest BCUT2D eigenvalue weighted by atomic mass is 10.1. The van der Waals surface area contributed by atoms with Crippen LogP contribution in [0, 0.1) is 0 Å². The smallest absolute Gasteiger partial charge is 0.493 e. The first-order chi connectivity index (χ1) is 14.9. The highest BCUT2D eigenvalue weighted by molar-refractivity contribution is 5.90. The lowest BCUT2D eigenvalue weighted by Gasteiger charge is -2.08. The molecule has 0 bridgehead atoms. The Bertz CT molecular complexity index is 1160. The number of aromatic nitrogens is 1. The fourth-order valence-electron chi connectivity index (χ4n) is 3.28. The van der Waals surface area contributed by atoms with Gasteiger partial charge in [-0.05, 0) is 53.6 Å². The first kappa shape index (κ1) is 20.7. The highest BCUT2D eigenvalue weighted by atomic mass is 19.4. The topological polar surface area (TPSA) is 56.5 Å². The number of nitrogens with one attached hydrogen (secondary N) is 1. The van der Waals surface area contributed by atoms with Crippen LogP contribution in [0.5, 0.6) is 11.5 Å². The molecule has 4 rings (SSSR count). The molecule has 0 unspecified atom stereocenters. The summed E-state index contributed by atoms with van der Waals surface area (Å²) in [5.74, 6) is 0.811. The molecule has 0 saturated carbocycles. The maximum atomic E-state index is 12.4. The molecule has 2 aromatic carbocycles. The van der Waals surface area contributed by atoms with E-state index in [1.807, 2.05) is 30.3 Å². The van der Waals surface area contributed by atoms with E-state index in [1.165, 1.54) is 24.3 Å². The molecule has 8 heteroatoms. The molecule has 0 radical (unpaired) electrons. The van der Waals surface area contributed by atoms with Gasteiger partial charge in [0.2, 0.25) is 0 Å². The molecule has 0 atom stereocenters. The maximum Gasteiger partial charge on any atom is 0.573 e. The first-order valence-electron chi connectivity index (χ1n) is 9.48. The summed E-state index contributed by atoms with van der Waals surface area (Å²) in [4.78, 5) is 4.10. The predicted molar refractivity (Wildman–Crippen MR) is 110 cm³/mol. The molecule has 160 valence electrons. The Morgan fingerprint density at radius 2 is 1.84 bits per heavy atom. The molecule has 4 aromatic rings. The highest BCUT2D eigenvalue weighted by Gasteiger charge is 2.31. The summed E-state index contributed by atoms with van der Waals surface area (Å²) < 4.78 is 52.5. The van der Waals surface area contributed by atoms with Crippen LogP contribution < -0.4 is 14.8 Å². The van der Waals surface area contributed by atoms with Gasteiger partial charge in [-0.25, -0.2) is 0 Å². The van der Waals surface area contributed by atoms with Crippen LogP contribution in [0.1, 0.15) is 11.1 Å². The van der Waals surface area contributed by atoms with Gasteiger partial charge in [0.05, 0.1) is 7.11 Å². The number of furan rings is 1. The van der Waals surface area contributed by atoms with Crippen molar-refractivity contribution in [3.63, 3.8) is 0 Å². The van der Waals surface area contributed by atoms with E-state index in [0.717, 1.165) is 16.5 Å². The Morgan fingerprint density at radius 3 is 2.52 bits per heavy atom. The summed E-state index contributed by atoms with van der Waals surface area (Å²) in [6.45, 7) is 1.25. The number of methoxy groups -OCH3 is 1. The predicted octanol–water partition coefficient (Wildman–Crippen LogP) is 5.69. The van der Waals surface area contributed by atoms with Crippen LogP contribution in [-0.4, -0.2) is 18.5 Å². The van der Waals surface area contributed by atoms with Gasteiger partial charge < -0.3 is 19.2 Å². The minimum Gasteiger partial charge on any atom is -0.493 e. The van der Waals surface area contributed by atoms with Crippen molar-refractivity contribution >= 4 is 11.0 Å². The van der Waals surface area contributed by atoms with Crippen molar-refractivity contribution in [2.24, 2.45) is 0 Å². The van der Waals surface area contributed by atoms with Crippen LogP contribution in [0.4, 0.5) is 13.2 Å². The SMILES string of the molecule is COc1ccc(CNCc2cccnc2)c2cc(-c3ccc(OC(F)(F)F)cc3)oc12. The van der Waals surface area contributed by atoms with Crippen molar-refractivity contribution in [3.8, 4) is 22.8 Å². The molecule has 0 aliphatic rings. The van der Waals surface area contributed by atoms with Crippen molar-refractivity contribution in [2.75, 3.05) is 7.11 Å². The van der Waals surface area contributed by atoms with Crippen LogP contribution in [0.2, 0.25) is 0 Å². The Balaban J connectivity index is 1.58. The maximum absolute atomic E-state index is 12.4. The van der Waals surface area contributed by atoms with Crippen molar-refractivity contribution in [1.82, 2.24) is 10.3 Å². The van der Waals surface area contributed by atoms with E-state index >= 15 is 0 Å². The molecule has 1 N–H and O–H groups in total. The van der Waals surface area contributed by atoms with E-state index in [-0.39, 0.29) is 5.75 Å². The average molecular weight is 428 g/mol. The van der Waals surface area contributed by atoms with Gasteiger partial charge >= 0.3 is 6.36 Å². The third kappa shape index (κ3) is 4.97. The van der Waals surface area contributed by atoms with Crippen LogP contribution >= 0.6 is 0 Å². The Hall–Kier alpha value is -3.52. The van der Waals surface area contributed by atoms with E-state index in [4.69, 9.17) is 9.15 Å². The van der Waals surface area contributed by atoms with Gasteiger partial charge in [0.15, 0.2) is 11.3 Å². The fourth-order valence-corrected chi connectivity index (χ4v) is 3.28. The second kappa shape index (κ2) is 8.69. The molecule has 2 aromatic heterocycles. The largest absolute Gasteiger partial charge is 0.573 e. The summed E-state index contributed by atoms with van der Waals surface area (Å²) in [5.41, 5.74) is 3.28. The molecule has 0 saturated heterocycles. The number of pyridine rings is 1. The zero-order chi connectivity index (χ0) is 21.8. The average Bonchev–Trinajstić information content (AvgIpc) is 3.20. The standard InChI is InChI=1S/C23H19F3N2O3/c1-29-20-9-6-17(14-28-13-15-3-2-10-27-12-15)19-11-21(30-22(19)20)16-4-7-18(8-5-16)31-23(24,25)26/h2-12,28H,13-14H2,1H3. The lowest BCUT2D eigenvalue weighted by Crippen LogP contribution is -2.16. The number of halogens is 3. The summed E-state index contributed by atoms with van der Waals surface area (Å²) >= 11 is 0. The monoisotopic (exact) mass is 428 g/mol. The van der Waals surface area contributed by atoms with Crippen LogP contribution in [0.3, 0.4) is 0 Å². The number of ether oxygens (including phenoxy) is 2. The number of rotatable bonds is 7. The Labute approximate surface area is 176 Å². The molecular formula is C23H19F3N2O3. The van der Waals surface area contributed by atoms with Crippen LogP contribution in [0.15, 0.2) is 71.4 Å². The number of fused-ring (bicyclic) bond motifs is 1. The van der Waals surface area contributed by atoms with E-state index in [1.54, 1.807) is 19.5 Å². The second-order valence-electron chi connectivity index (χ2n) is 6.82. The number of hydrogen-bond acceptors (Lipinski definition) is 5. The van der Waals surface area contributed by atoms with Gasteiger partial charge in [-0.1, -0.05) is 12.1 Å². The van der Waals surface area contributed by atoms with Gasteiger partial charge in [-0.3, -0.25) is 4.98 Å². The first-order valence-corrected chi connectivity index (χ1v) is 9.48. The van der Waals surface area contributed by atoms with Gasteiger partial charge in [0.25, 0.3) is 0 Å². The van der Waals surface area contributed by atoms with E-state index in [9.17, 15) is 13.2 Å². The van der Waals surface area contributed by atoms with Gasteiger partial charge in [-0.2, -0.15) is 0 Å². The summed E-state index contributed by atoms with van der Waals surface area (Å²) in [7, 11) is 1.56. The minimum absolute atomic E-state index is 0.287. The summed E-state index contributed by atoms with van der Waals surface area (Å²) in [5, 5.41) is 4.24. The molecule has 0 fully saturated rings. The fraction of sp³-hybridized carbons (Fsp3) is 0.174. The molecule has 2 heterocycles. The Kier molecular flexibility index (Phi) is 5.81. The van der Waals surface area contributed by atoms with E-state index < -0.39 is 6.36 Å². The number of nitrogens with zero attached hydrogens (tertiary/aromatic N) is 1. The second-order valence-corrected chi connectivity index (χ2v) is 6.82. The van der Waals surface area contributed by atoms with Crippen molar-refractivity contribution in [1.29, 1.82) is 0 Å². The zero-order valence-corrected chi connectivity index (χ0v) is 16.6. The quantitative estimate of drug-likeness (QED) is 0.410. The molecular weight excluding hydrogens is 409 g/mol. The van der Waals surface area contributed by atoms with Crippen LogP contribution in [0.25, 0.3) is 22.3 Å². The molecule has 0 aliphatic heterocycles. The van der Waals surface area contributed by atoms with Gasteiger partial charge in [-0.15, -0.1) is 13.2 Å². The van der Waals surface area contributed by atoms with E-state index in [2.05, 4.69) is 15.0 Å². The van der Waals surface area contributed by atoms with Crippen LogP contribution in [-0.2, 0) is 13.1 Å². The van der Waals surface area contributed by atoms with E-state index in [0.29, 0.717) is 35.7 Å². The Morgan fingerprint density at radius 1 is 1.03 bits per heavy atom. The third-order valence-electron chi connectivity index (χ3n) is 4.70. The number of alkyl halides is 3. The lowest BCUT2D eigenvalue weighted by molar-refractivity contribution is -0.274. The molecule has 0 amide bonds. The zero-order valence-electron chi connectivity index (χ0n) is 16.6. The van der Waals surface area contributed by atoms with Gasteiger partial charge in [0.1, 0.15) is 11.5 Å². The third-order valence-corrected chi connectivity index (χ3v) is 4.70. The number of benzene rings is 2. The highest BCUT2D eigenvalue weighted by Crippen LogP contribution is 2.36. The van der Waals surface area contributed by atoms with Crippen molar-refractivity contribution in [2.45, 2.75) is 19.5 Å². The normalized spacial score (nSPS) is 11.6. The molecule has 0 aliphatic carbocycles. The number of hydrogen-bond donors (Lipinski definition) is 1. The summed E-state index contributed by atoms with van der Waals surface area (Å²) in [6, 6.07) is 15.1. The minimum atomic E-state index is -4.73. The summed E-state index contributed by atoms with van der Waals surface area (Å²) in [6.07, 6.45) is -1.20. The van der Waals surface area contributed by atoms with Gasteiger partial charge in [0, 0.05) is 36.4 Å². The van der Waals surface area contributed by atoms with Crippen molar-refractivity contribution < 1.29 is 27.1 Å².